The molecular weight excluding hydrogens is 456 g/mol. The Hall–Kier alpha value is -3.49. The Labute approximate surface area is 199 Å². The molecule has 9 heteroatoms. The monoisotopic (exact) mass is 474 g/mol. The van der Waals surface area contributed by atoms with Crippen LogP contribution >= 0.6 is 23.4 Å². The second-order valence-electron chi connectivity index (χ2n) is 7.32. The molecule has 0 aliphatic rings. The summed E-state index contributed by atoms with van der Waals surface area (Å²) in [5.41, 5.74) is 3.90. The van der Waals surface area contributed by atoms with Crippen molar-refractivity contribution in [3.8, 4) is 17.1 Å². The second kappa shape index (κ2) is 9.56. The number of thioether (sulfide) groups is 1. The molecule has 0 radical (unpaired) electrons. The molecule has 0 fully saturated rings. The van der Waals surface area contributed by atoms with Gasteiger partial charge < -0.3 is 4.52 Å². The number of aromatic nitrogens is 6. The predicted molar refractivity (Wildman–Crippen MR) is 127 cm³/mol. The fourth-order valence-corrected chi connectivity index (χ4v) is 4.38. The van der Waals surface area contributed by atoms with Crippen LogP contribution in [-0.4, -0.2) is 29.9 Å². The maximum atomic E-state index is 6.42. The number of hydrogen-bond donors (Lipinski definition) is 0. The lowest BCUT2D eigenvalue weighted by Gasteiger charge is -2.13. The Kier molecular flexibility index (Phi) is 6.19. The van der Waals surface area contributed by atoms with Crippen LogP contribution in [0.5, 0.6) is 0 Å². The van der Waals surface area contributed by atoms with Crippen molar-refractivity contribution in [1.29, 1.82) is 0 Å². The van der Waals surface area contributed by atoms with Crippen LogP contribution in [-0.2, 0) is 12.2 Å². The van der Waals surface area contributed by atoms with Crippen LogP contribution in [0.3, 0.4) is 0 Å². The molecule has 0 bridgehead atoms. The third-order valence-corrected chi connectivity index (χ3v) is 6.42. The average molecular weight is 475 g/mol. The van der Waals surface area contributed by atoms with Crippen molar-refractivity contribution in [2.45, 2.75) is 24.3 Å². The minimum absolute atomic E-state index is 0.468. The van der Waals surface area contributed by atoms with E-state index in [0.29, 0.717) is 39.9 Å². The smallest absolute Gasteiger partial charge is 0.237 e. The Balaban J connectivity index is 1.43. The number of halogens is 1. The summed E-state index contributed by atoms with van der Waals surface area (Å²) in [7, 11) is 0. The van der Waals surface area contributed by atoms with Gasteiger partial charge in [0, 0.05) is 29.4 Å². The number of rotatable bonds is 7. The van der Waals surface area contributed by atoms with Crippen molar-refractivity contribution < 1.29 is 4.52 Å². The summed E-state index contributed by atoms with van der Waals surface area (Å²) in [5, 5.41) is 14.4. The topological polar surface area (TPSA) is 82.5 Å². The molecule has 5 rings (SSSR count). The van der Waals surface area contributed by atoms with Crippen LogP contribution in [0.1, 0.15) is 22.8 Å². The van der Waals surface area contributed by atoms with Gasteiger partial charge in [0.05, 0.1) is 11.4 Å². The summed E-state index contributed by atoms with van der Waals surface area (Å²) < 4.78 is 7.47. The van der Waals surface area contributed by atoms with Crippen LogP contribution in [0.15, 0.2) is 82.7 Å². The maximum absolute atomic E-state index is 6.42. The molecule has 0 amide bonds. The van der Waals surface area contributed by atoms with Gasteiger partial charge in [-0.15, -0.1) is 10.2 Å². The number of hydrogen-bond acceptors (Lipinski definition) is 7. The molecule has 3 heterocycles. The lowest BCUT2D eigenvalue weighted by molar-refractivity contribution is 0.385. The number of nitrogens with zero attached hydrogens (tertiary/aromatic N) is 6. The van der Waals surface area contributed by atoms with Crippen molar-refractivity contribution >= 4 is 23.4 Å². The standard InChI is InChI=1S/C24H19ClN6OS/c1-16-19(25)8-5-9-20(16)31-23(18-10-12-26-13-11-18)28-29-24(31)33-15-22-27-21(30-32-22)14-17-6-3-2-4-7-17/h2-13H,14-15H2,1H3. The lowest BCUT2D eigenvalue weighted by Crippen LogP contribution is -2.02. The van der Waals surface area contributed by atoms with Gasteiger partial charge in [0.1, 0.15) is 0 Å². The molecule has 0 spiro atoms. The fraction of sp³-hybridized carbons (Fsp3) is 0.125. The van der Waals surface area contributed by atoms with E-state index in [-0.39, 0.29) is 0 Å². The zero-order chi connectivity index (χ0) is 22.6. The van der Waals surface area contributed by atoms with Gasteiger partial charge in [0.25, 0.3) is 0 Å². The van der Waals surface area contributed by atoms with E-state index in [1.165, 1.54) is 11.8 Å². The zero-order valence-electron chi connectivity index (χ0n) is 17.7. The SMILES string of the molecule is Cc1c(Cl)cccc1-n1c(SCc2nc(Cc3ccccc3)no2)nnc1-c1ccncc1. The van der Waals surface area contributed by atoms with Gasteiger partial charge in [-0.1, -0.05) is 64.9 Å². The van der Waals surface area contributed by atoms with E-state index in [0.717, 1.165) is 22.4 Å². The average Bonchev–Trinajstić information content (AvgIpc) is 3.47. The fourth-order valence-electron chi connectivity index (χ4n) is 3.43. The highest BCUT2D eigenvalue weighted by atomic mass is 35.5. The normalized spacial score (nSPS) is 11.1. The van der Waals surface area contributed by atoms with E-state index >= 15 is 0 Å². The molecule has 164 valence electrons. The van der Waals surface area contributed by atoms with Gasteiger partial charge in [-0.05, 0) is 42.3 Å². The molecule has 3 aromatic heterocycles. The van der Waals surface area contributed by atoms with Crippen LogP contribution in [0.4, 0.5) is 0 Å². The van der Waals surface area contributed by atoms with E-state index in [9.17, 15) is 0 Å². The van der Waals surface area contributed by atoms with Crippen LogP contribution < -0.4 is 0 Å². The van der Waals surface area contributed by atoms with E-state index in [4.69, 9.17) is 16.1 Å². The summed E-state index contributed by atoms with van der Waals surface area (Å²) in [6.45, 7) is 1.98. The molecule has 5 aromatic rings. The molecule has 0 atom stereocenters. The second-order valence-corrected chi connectivity index (χ2v) is 8.67. The first-order chi connectivity index (χ1) is 16.2. The lowest BCUT2D eigenvalue weighted by atomic mass is 10.1. The van der Waals surface area contributed by atoms with E-state index in [1.807, 2.05) is 72.2 Å². The molecular formula is C24H19ClN6OS. The van der Waals surface area contributed by atoms with E-state index in [2.05, 4.69) is 25.3 Å². The van der Waals surface area contributed by atoms with Crippen molar-refractivity contribution in [2.75, 3.05) is 0 Å². The van der Waals surface area contributed by atoms with Crippen molar-refractivity contribution in [2.24, 2.45) is 0 Å². The van der Waals surface area contributed by atoms with Gasteiger partial charge in [-0.2, -0.15) is 4.98 Å². The minimum atomic E-state index is 0.468. The van der Waals surface area contributed by atoms with Gasteiger partial charge in [-0.25, -0.2) is 0 Å². The third-order valence-electron chi connectivity index (χ3n) is 5.09. The molecule has 0 aliphatic heterocycles. The number of benzene rings is 2. The van der Waals surface area contributed by atoms with Crippen LogP contribution in [0, 0.1) is 6.92 Å². The van der Waals surface area contributed by atoms with E-state index in [1.54, 1.807) is 12.4 Å². The molecule has 0 N–H and O–H groups in total. The maximum Gasteiger partial charge on any atom is 0.237 e. The molecule has 0 saturated carbocycles. The highest BCUT2D eigenvalue weighted by molar-refractivity contribution is 7.98. The summed E-state index contributed by atoms with van der Waals surface area (Å²) in [6, 6.07) is 19.7. The zero-order valence-corrected chi connectivity index (χ0v) is 19.3. The Bertz CT molecular complexity index is 1370. The molecule has 2 aromatic carbocycles. The Morgan fingerprint density at radius 2 is 1.79 bits per heavy atom. The highest BCUT2D eigenvalue weighted by Gasteiger charge is 2.19. The number of pyridine rings is 1. The molecule has 0 saturated heterocycles. The first-order valence-electron chi connectivity index (χ1n) is 10.3. The Morgan fingerprint density at radius 1 is 0.970 bits per heavy atom. The molecule has 0 aliphatic carbocycles. The van der Waals surface area contributed by atoms with Crippen molar-refractivity contribution in [3.05, 3.63) is 101 Å². The summed E-state index contributed by atoms with van der Waals surface area (Å²) in [4.78, 5) is 8.64. The van der Waals surface area contributed by atoms with Gasteiger partial charge >= 0.3 is 0 Å². The highest BCUT2D eigenvalue weighted by Crippen LogP contribution is 2.32. The third kappa shape index (κ3) is 4.67. The predicted octanol–water partition coefficient (Wildman–Crippen LogP) is 5.56. The molecule has 0 unspecified atom stereocenters. The van der Waals surface area contributed by atoms with E-state index < -0.39 is 0 Å². The summed E-state index contributed by atoms with van der Waals surface area (Å²) in [5.74, 6) is 2.37. The van der Waals surface area contributed by atoms with Gasteiger partial charge in [0.15, 0.2) is 16.8 Å². The first-order valence-corrected chi connectivity index (χ1v) is 11.6. The van der Waals surface area contributed by atoms with Crippen LogP contribution in [0.25, 0.3) is 17.1 Å². The van der Waals surface area contributed by atoms with Crippen LogP contribution in [0.2, 0.25) is 5.02 Å². The van der Waals surface area contributed by atoms with Gasteiger partial charge in [-0.3, -0.25) is 9.55 Å². The van der Waals surface area contributed by atoms with Crippen molar-refractivity contribution in [3.63, 3.8) is 0 Å². The largest absolute Gasteiger partial charge is 0.338 e. The first kappa shape index (κ1) is 21.4. The van der Waals surface area contributed by atoms with Crippen molar-refractivity contribution in [1.82, 2.24) is 29.9 Å². The summed E-state index contributed by atoms with van der Waals surface area (Å²) >= 11 is 7.90. The quantitative estimate of drug-likeness (QED) is 0.285. The van der Waals surface area contributed by atoms with Gasteiger partial charge in [0.2, 0.25) is 5.89 Å². The Morgan fingerprint density at radius 3 is 2.61 bits per heavy atom. The summed E-state index contributed by atoms with van der Waals surface area (Å²) in [6.07, 6.45) is 4.09. The molecule has 7 nitrogen and oxygen atoms in total. The molecule has 33 heavy (non-hydrogen) atoms. The minimum Gasteiger partial charge on any atom is -0.338 e.